The molecule has 1 amide bonds. The SMILES string of the molecule is Cc1ccc(N2CCCc3sc(C(=O)Nc4cccc(F)c4)nc32)nn1. The number of halogens is 1. The molecule has 0 saturated heterocycles. The summed E-state index contributed by atoms with van der Waals surface area (Å²) >= 11 is 1.36. The summed E-state index contributed by atoms with van der Waals surface area (Å²) in [5.41, 5.74) is 1.25. The predicted molar refractivity (Wildman–Crippen MR) is 98.6 cm³/mol. The van der Waals surface area contributed by atoms with Crippen LogP contribution in [-0.4, -0.2) is 27.6 Å². The van der Waals surface area contributed by atoms with Gasteiger partial charge in [0.25, 0.3) is 5.91 Å². The highest BCUT2D eigenvalue weighted by Crippen LogP contribution is 2.35. The van der Waals surface area contributed by atoms with Gasteiger partial charge in [-0.05, 0) is 50.1 Å². The molecule has 1 aliphatic heterocycles. The van der Waals surface area contributed by atoms with E-state index in [1.807, 2.05) is 24.0 Å². The fraction of sp³-hybridized carbons (Fsp3) is 0.222. The molecule has 0 atom stereocenters. The molecule has 3 heterocycles. The quantitative estimate of drug-likeness (QED) is 0.762. The molecule has 0 spiro atoms. The van der Waals surface area contributed by atoms with Crippen LogP contribution in [0.25, 0.3) is 0 Å². The van der Waals surface area contributed by atoms with Gasteiger partial charge in [-0.15, -0.1) is 16.4 Å². The Morgan fingerprint density at radius 1 is 1.27 bits per heavy atom. The second-order valence-electron chi connectivity index (χ2n) is 6.02. The first-order chi connectivity index (χ1) is 12.6. The normalized spacial score (nSPS) is 13.4. The average molecular weight is 369 g/mol. The number of anilines is 3. The number of carbonyl (C=O) groups excluding carboxylic acids is 1. The first-order valence-electron chi connectivity index (χ1n) is 8.24. The Morgan fingerprint density at radius 3 is 2.92 bits per heavy atom. The minimum Gasteiger partial charge on any atom is -0.320 e. The van der Waals surface area contributed by atoms with Gasteiger partial charge in [0.15, 0.2) is 10.8 Å². The molecule has 0 bridgehead atoms. The van der Waals surface area contributed by atoms with Crippen molar-refractivity contribution in [3.8, 4) is 0 Å². The van der Waals surface area contributed by atoms with Crippen molar-refractivity contribution < 1.29 is 9.18 Å². The third-order valence-corrected chi connectivity index (χ3v) is 5.16. The zero-order chi connectivity index (χ0) is 18.1. The van der Waals surface area contributed by atoms with Gasteiger partial charge in [-0.2, -0.15) is 5.10 Å². The number of amides is 1. The van der Waals surface area contributed by atoms with Gasteiger partial charge < -0.3 is 10.2 Å². The topological polar surface area (TPSA) is 71.0 Å². The fourth-order valence-electron chi connectivity index (χ4n) is 2.83. The van der Waals surface area contributed by atoms with Gasteiger partial charge in [0.2, 0.25) is 0 Å². The number of hydrogen-bond acceptors (Lipinski definition) is 6. The second-order valence-corrected chi connectivity index (χ2v) is 7.10. The van der Waals surface area contributed by atoms with Crippen LogP contribution in [0.15, 0.2) is 36.4 Å². The molecular weight excluding hydrogens is 353 g/mol. The van der Waals surface area contributed by atoms with Crippen molar-refractivity contribution in [3.05, 3.63) is 57.8 Å². The summed E-state index contributed by atoms with van der Waals surface area (Å²) in [5, 5.41) is 11.4. The van der Waals surface area contributed by atoms with Crippen LogP contribution < -0.4 is 10.2 Å². The summed E-state index contributed by atoms with van der Waals surface area (Å²) in [6.07, 6.45) is 1.83. The number of aryl methyl sites for hydroxylation is 2. The first kappa shape index (κ1) is 16.6. The Kier molecular flexibility index (Phi) is 4.34. The van der Waals surface area contributed by atoms with Gasteiger partial charge in [0.05, 0.1) is 5.69 Å². The summed E-state index contributed by atoms with van der Waals surface area (Å²) in [7, 11) is 0. The molecule has 4 rings (SSSR count). The highest BCUT2D eigenvalue weighted by atomic mass is 32.1. The van der Waals surface area contributed by atoms with Crippen molar-refractivity contribution in [1.29, 1.82) is 0 Å². The summed E-state index contributed by atoms with van der Waals surface area (Å²) in [6.45, 7) is 2.66. The molecule has 0 saturated carbocycles. The van der Waals surface area contributed by atoms with Gasteiger partial charge in [0.1, 0.15) is 11.6 Å². The van der Waals surface area contributed by atoms with Gasteiger partial charge in [-0.3, -0.25) is 4.79 Å². The Labute approximate surface area is 153 Å². The maximum atomic E-state index is 13.3. The molecule has 3 aromatic rings. The van der Waals surface area contributed by atoms with Crippen LogP contribution in [-0.2, 0) is 6.42 Å². The van der Waals surface area contributed by atoms with E-state index in [9.17, 15) is 9.18 Å². The van der Waals surface area contributed by atoms with Crippen molar-refractivity contribution in [2.75, 3.05) is 16.8 Å². The monoisotopic (exact) mass is 369 g/mol. The number of hydrogen-bond donors (Lipinski definition) is 1. The Hall–Kier alpha value is -2.87. The molecule has 8 heteroatoms. The molecule has 26 heavy (non-hydrogen) atoms. The Morgan fingerprint density at radius 2 is 2.15 bits per heavy atom. The second kappa shape index (κ2) is 6.80. The van der Waals surface area contributed by atoms with E-state index in [2.05, 4.69) is 20.5 Å². The van der Waals surface area contributed by atoms with Crippen LogP contribution in [0, 0.1) is 12.7 Å². The number of fused-ring (bicyclic) bond motifs is 1. The van der Waals surface area contributed by atoms with E-state index in [1.54, 1.807) is 12.1 Å². The Balaban J connectivity index is 1.60. The van der Waals surface area contributed by atoms with Crippen LogP contribution in [0.3, 0.4) is 0 Å². The first-order valence-corrected chi connectivity index (χ1v) is 9.06. The van der Waals surface area contributed by atoms with E-state index in [4.69, 9.17) is 0 Å². The molecule has 0 unspecified atom stereocenters. The van der Waals surface area contributed by atoms with E-state index in [-0.39, 0.29) is 5.91 Å². The zero-order valence-electron chi connectivity index (χ0n) is 14.1. The van der Waals surface area contributed by atoms with Crippen molar-refractivity contribution in [3.63, 3.8) is 0 Å². The average Bonchev–Trinajstić information content (AvgIpc) is 3.07. The number of carbonyl (C=O) groups is 1. The number of rotatable bonds is 3. The van der Waals surface area contributed by atoms with Crippen molar-refractivity contribution in [2.45, 2.75) is 19.8 Å². The standard InChI is InChI=1S/C18H16FN5OS/c1-11-7-8-15(23-22-11)24-9-3-6-14-16(24)21-18(26-14)17(25)20-13-5-2-4-12(19)10-13/h2,4-5,7-8,10H,3,6,9H2,1H3,(H,20,25). The van der Waals surface area contributed by atoms with E-state index < -0.39 is 5.82 Å². The molecule has 2 aromatic heterocycles. The maximum absolute atomic E-state index is 13.3. The lowest BCUT2D eigenvalue weighted by Crippen LogP contribution is -2.25. The number of aromatic nitrogens is 3. The summed E-state index contributed by atoms with van der Waals surface area (Å²) in [4.78, 5) is 20.1. The lowest BCUT2D eigenvalue weighted by Gasteiger charge is -2.25. The fourth-order valence-corrected chi connectivity index (χ4v) is 3.83. The molecular formula is C18H16FN5OS. The van der Waals surface area contributed by atoms with E-state index in [1.165, 1.54) is 23.5 Å². The van der Waals surface area contributed by atoms with Crippen LogP contribution >= 0.6 is 11.3 Å². The van der Waals surface area contributed by atoms with Gasteiger partial charge >= 0.3 is 0 Å². The summed E-state index contributed by atoms with van der Waals surface area (Å²) < 4.78 is 13.3. The Bertz CT molecular complexity index is 956. The molecule has 0 fully saturated rings. The van der Waals surface area contributed by atoms with Crippen LogP contribution in [0.5, 0.6) is 0 Å². The number of thiazole rings is 1. The van der Waals surface area contributed by atoms with Crippen LogP contribution in [0.2, 0.25) is 0 Å². The lowest BCUT2D eigenvalue weighted by molar-refractivity contribution is 0.102. The molecule has 6 nitrogen and oxygen atoms in total. The van der Waals surface area contributed by atoms with Crippen molar-refractivity contribution >= 4 is 34.6 Å². The summed E-state index contributed by atoms with van der Waals surface area (Å²) in [6, 6.07) is 9.61. The van der Waals surface area contributed by atoms with Crippen molar-refractivity contribution in [1.82, 2.24) is 15.2 Å². The molecule has 1 aliphatic rings. The predicted octanol–water partition coefficient (Wildman–Crippen LogP) is 3.72. The molecule has 1 N–H and O–H groups in total. The van der Waals surface area contributed by atoms with Crippen molar-refractivity contribution in [2.24, 2.45) is 0 Å². The highest BCUT2D eigenvalue weighted by molar-refractivity contribution is 7.14. The van der Waals surface area contributed by atoms with E-state index in [0.29, 0.717) is 10.7 Å². The minimum atomic E-state index is -0.398. The molecule has 1 aromatic carbocycles. The van der Waals surface area contributed by atoms with Crippen LogP contribution in [0.1, 0.15) is 26.8 Å². The van der Waals surface area contributed by atoms with E-state index in [0.717, 1.165) is 41.6 Å². The lowest BCUT2D eigenvalue weighted by atomic mass is 10.2. The van der Waals surface area contributed by atoms with Gasteiger partial charge in [-0.25, -0.2) is 9.37 Å². The third kappa shape index (κ3) is 3.28. The highest BCUT2D eigenvalue weighted by Gasteiger charge is 2.26. The number of nitrogens with one attached hydrogen (secondary N) is 1. The minimum absolute atomic E-state index is 0.343. The smallest absolute Gasteiger partial charge is 0.284 e. The molecule has 132 valence electrons. The van der Waals surface area contributed by atoms with Gasteiger partial charge in [-0.1, -0.05) is 6.07 Å². The van der Waals surface area contributed by atoms with Gasteiger partial charge in [0, 0.05) is 17.1 Å². The molecule has 0 aliphatic carbocycles. The van der Waals surface area contributed by atoms with E-state index >= 15 is 0 Å². The number of benzene rings is 1. The largest absolute Gasteiger partial charge is 0.320 e. The summed E-state index contributed by atoms with van der Waals surface area (Å²) in [5.74, 6) is 0.734. The third-order valence-electron chi connectivity index (χ3n) is 4.06. The maximum Gasteiger partial charge on any atom is 0.284 e. The molecule has 0 radical (unpaired) electrons. The number of nitrogens with zero attached hydrogens (tertiary/aromatic N) is 4. The van der Waals surface area contributed by atoms with Crippen LogP contribution in [0.4, 0.5) is 21.7 Å². The zero-order valence-corrected chi connectivity index (χ0v) is 14.9.